The van der Waals surface area contributed by atoms with E-state index in [4.69, 9.17) is 4.74 Å². The fraction of sp³-hybridized carbons (Fsp3) is 0.467. The normalized spacial score (nSPS) is 18.2. The highest BCUT2D eigenvalue weighted by atomic mass is 16.5. The number of rotatable bonds is 5. The summed E-state index contributed by atoms with van der Waals surface area (Å²) in [5.74, 6) is 0.647. The molecule has 0 radical (unpaired) electrons. The average molecular weight is 276 g/mol. The van der Waals surface area contributed by atoms with E-state index in [2.05, 4.69) is 10.6 Å². The monoisotopic (exact) mass is 276 g/mol. The van der Waals surface area contributed by atoms with E-state index in [1.807, 2.05) is 24.3 Å². The number of carbonyl (C=O) groups is 2. The molecule has 2 rings (SSSR count). The third-order valence-electron chi connectivity index (χ3n) is 3.42. The molecule has 1 aliphatic heterocycles. The van der Waals surface area contributed by atoms with Gasteiger partial charge in [-0.15, -0.1) is 0 Å². The molecule has 1 aromatic rings. The second kappa shape index (κ2) is 6.93. The maximum Gasteiger partial charge on any atom is 0.242 e. The largest absolute Gasteiger partial charge is 0.497 e. The van der Waals surface area contributed by atoms with E-state index in [1.165, 1.54) is 0 Å². The van der Waals surface area contributed by atoms with Crippen LogP contribution < -0.4 is 15.4 Å². The van der Waals surface area contributed by atoms with Gasteiger partial charge in [0, 0.05) is 13.0 Å². The first kappa shape index (κ1) is 14.4. The van der Waals surface area contributed by atoms with Crippen molar-refractivity contribution in [2.45, 2.75) is 31.7 Å². The number of hydrogen-bond acceptors (Lipinski definition) is 3. The molecule has 1 saturated heterocycles. The highest BCUT2D eigenvalue weighted by Crippen LogP contribution is 2.12. The van der Waals surface area contributed by atoms with Gasteiger partial charge in [0.1, 0.15) is 11.8 Å². The Morgan fingerprint density at radius 1 is 1.40 bits per heavy atom. The Morgan fingerprint density at radius 3 is 2.80 bits per heavy atom. The number of methoxy groups -OCH3 is 1. The Balaban J connectivity index is 1.77. The maximum atomic E-state index is 11.8. The van der Waals surface area contributed by atoms with Gasteiger partial charge < -0.3 is 15.4 Å². The third-order valence-corrected chi connectivity index (χ3v) is 3.42. The van der Waals surface area contributed by atoms with E-state index in [0.29, 0.717) is 19.4 Å². The molecule has 0 aromatic heterocycles. The summed E-state index contributed by atoms with van der Waals surface area (Å²) in [5, 5.41) is 5.54. The standard InChI is InChI=1S/C15H20N2O3/c1-20-12-7-4-11(5-8-12)6-9-14(18)17-13-3-2-10-16-15(13)19/h4-5,7-8,13H,2-3,6,9-10H2,1H3,(H,16,19)(H,17,18)/t13-/m0/s1. The molecule has 20 heavy (non-hydrogen) atoms. The molecule has 1 heterocycles. The lowest BCUT2D eigenvalue weighted by Gasteiger charge is -2.22. The smallest absolute Gasteiger partial charge is 0.242 e. The van der Waals surface area contributed by atoms with E-state index in [-0.39, 0.29) is 17.9 Å². The van der Waals surface area contributed by atoms with Crippen LogP contribution in [0.3, 0.4) is 0 Å². The number of amides is 2. The first-order chi connectivity index (χ1) is 9.69. The van der Waals surface area contributed by atoms with Crippen molar-refractivity contribution in [1.82, 2.24) is 10.6 Å². The second-order valence-corrected chi connectivity index (χ2v) is 4.90. The van der Waals surface area contributed by atoms with Crippen molar-refractivity contribution in [3.63, 3.8) is 0 Å². The van der Waals surface area contributed by atoms with Gasteiger partial charge in [-0.25, -0.2) is 0 Å². The summed E-state index contributed by atoms with van der Waals surface area (Å²) >= 11 is 0. The van der Waals surface area contributed by atoms with Crippen molar-refractivity contribution >= 4 is 11.8 Å². The predicted octanol–water partition coefficient (Wildman–Crippen LogP) is 1.02. The van der Waals surface area contributed by atoms with E-state index in [0.717, 1.165) is 24.2 Å². The van der Waals surface area contributed by atoms with Gasteiger partial charge in [0.25, 0.3) is 0 Å². The first-order valence-electron chi connectivity index (χ1n) is 6.89. The lowest BCUT2D eigenvalue weighted by molar-refractivity contribution is -0.130. The summed E-state index contributed by atoms with van der Waals surface area (Å²) in [6.45, 7) is 0.705. The quantitative estimate of drug-likeness (QED) is 0.844. The molecule has 1 aliphatic rings. The van der Waals surface area contributed by atoms with Crippen LogP contribution in [-0.2, 0) is 16.0 Å². The predicted molar refractivity (Wildman–Crippen MR) is 75.5 cm³/mol. The molecule has 1 aromatic carbocycles. The van der Waals surface area contributed by atoms with Crippen molar-refractivity contribution in [2.75, 3.05) is 13.7 Å². The van der Waals surface area contributed by atoms with Crippen LogP contribution in [-0.4, -0.2) is 31.5 Å². The van der Waals surface area contributed by atoms with Crippen molar-refractivity contribution in [3.05, 3.63) is 29.8 Å². The van der Waals surface area contributed by atoms with Crippen molar-refractivity contribution in [1.29, 1.82) is 0 Å². The minimum atomic E-state index is -0.368. The maximum absolute atomic E-state index is 11.8. The van der Waals surface area contributed by atoms with Crippen LogP contribution >= 0.6 is 0 Å². The number of ether oxygens (including phenoxy) is 1. The third kappa shape index (κ3) is 3.98. The Hall–Kier alpha value is -2.04. The van der Waals surface area contributed by atoms with E-state index in [9.17, 15) is 9.59 Å². The summed E-state index contributed by atoms with van der Waals surface area (Å²) in [7, 11) is 1.62. The summed E-state index contributed by atoms with van der Waals surface area (Å²) < 4.78 is 5.08. The van der Waals surface area contributed by atoms with Gasteiger partial charge in [0.15, 0.2) is 0 Å². The lowest BCUT2D eigenvalue weighted by Crippen LogP contribution is -2.50. The highest BCUT2D eigenvalue weighted by molar-refractivity contribution is 5.88. The Labute approximate surface area is 118 Å². The topological polar surface area (TPSA) is 67.4 Å². The van der Waals surface area contributed by atoms with Gasteiger partial charge in [0.05, 0.1) is 7.11 Å². The van der Waals surface area contributed by atoms with E-state index >= 15 is 0 Å². The van der Waals surface area contributed by atoms with Gasteiger partial charge in [-0.3, -0.25) is 9.59 Å². The van der Waals surface area contributed by atoms with Gasteiger partial charge in [-0.2, -0.15) is 0 Å². The molecule has 2 amide bonds. The molecule has 0 spiro atoms. The number of benzene rings is 1. The van der Waals surface area contributed by atoms with Gasteiger partial charge >= 0.3 is 0 Å². The number of hydrogen-bond donors (Lipinski definition) is 2. The molecule has 0 unspecified atom stereocenters. The minimum Gasteiger partial charge on any atom is -0.497 e. The zero-order valence-corrected chi connectivity index (χ0v) is 11.6. The minimum absolute atomic E-state index is 0.0750. The Morgan fingerprint density at radius 2 is 2.15 bits per heavy atom. The molecule has 1 fully saturated rings. The summed E-state index contributed by atoms with van der Waals surface area (Å²) in [4.78, 5) is 23.4. The van der Waals surface area contributed by atoms with Gasteiger partial charge in [0.2, 0.25) is 11.8 Å². The van der Waals surface area contributed by atoms with Gasteiger partial charge in [-0.1, -0.05) is 12.1 Å². The van der Waals surface area contributed by atoms with Crippen LogP contribution in [0.25, 0.3) is 0 Å². The summed E-state index contributed by atoms with van der Waals surface area (Å²) in [5.41, 5.74) is 1.08. The number of aryl methyl sites for hydroxylation is 1. The average Bonchev–Trinajstić information content (AvgIpc) is 2.48. The molecule has 0 saturated carbocycles. The Bertz CT molecular complexity index is 471. The van der Waals surface area contributed by atoms with Crippen LogP contribution in [0, 0.1) is 0 Å². The van der Waals surface area contributed by atoms with Crippen molar-refractivity contribution in [3.8, 4) is 5.75 Å². The van der Waals surface area contributed by atoms with Crippen molar-refractivity contribution in [2.24, 2.45) is 0 Å². The van der Waals surface area contributed by atoms with Crippen LogP contribution in [0.4, 0.5) is 0 Å². The van der Waals surface area contributed by atoms with Crippen LogP contribution in [0.2, 0.25) is 0 Å². The molecule has 0 aliphatic carbocycles. The van der Waals surface area contributed by atoms with E-state index in [1.54, 1.807) is 7.11 Å². The summed E-state index contributed by atoms with van der Waals surface area (Å²) in [6.07, 6.45) is 2.68. The van der Waals surface area contributed by atoms with Gasteiger partial charge in [-0.05, 0) is 37.0 Å². The number of carbonyl (C=O) groups excluding carboxylic acids is 2. The molecule has 2 N–H and O–H groups in total. The zero-order chi connectivity index (χ0) is 14.4. The lowest BCUT2D eigenvalue weighted by atomic mass is 10.1. The first-order valence-corrected chi connectivity index (χ1v) is 6.89. The molecular formula is C15H20N2O3. The second-order valence-electron chi connectivity index (χ2n) is 4.90. The molecular weight excluding hydrogens is 256 g/mol. The molecule has 5 heteroatoms. The summed E-state index contributed by atoms with van der Waals surface area (Å²) in [6, 6.07) is 7.27. The van der Waals surface area contributed by atoms with Crippen LogP contribution in [0.5, 0.6) is 5.75 Å². The fourth-order valence-corrected chi connectivity index (χ4v) is 2.23. The molecule has 108 valence electrons. The van der Waals surface area contributed by atoms with Crippen LogP contribution in [0.1, 0.15) is 24.8 Å². The zero-order valence-electron chi connectivity index (χ0n) is 11.6. The van der Waals surface area contributed by atoms with Crippen molar-refractivity contribution < 1.29 is 14.3 Å². The SMILES string of the molecule is COc1ccc(CCC(=O)N[C@H]2CCCNC2=O)cc1. The molecule has 5 nitrogen and oxygen atoms in total. The fourth-order valence-electron chi connectivity index (χ4n) is 2.23. The Kier molecular flexibility index (Phi) is 4.98. The number of piperidine rings is 1. The highest BCUT2D eigenvalue weighted by Gasteiger charge is 2.23. The van der Waals surface area contributed by atoms with E-state index < -0.39 is 0 Å². The number of nitrogens with one attached hydrogen (secondary N) is 2. The molecule has 0 bridgehead atoms. The van der Waals surface area contributed by atoms with Crippen LogP contribution in [0.15, 0.2) is 24.3 Å². The molecule has 1 atom stereocenters.